The van der Waals surface area contributed by atoms with Crippen molar-refractivity contribution in [1.29, 1.82) is 0 Å². The van der Waals surface area contributed by atoms with Gasteiger partial charge in [0, 0.05) is 10.6 Å². The van der Waals surface area contributed by atoms with E-state index in [1.807, 2.05) is 18.2 Å². The third-order valence-corrected chi connectivity index (χ3v) is 5.49. The molecule has 1 aromatic carbocycles. The summed E-state index contributed by atoms with van der Waals surface area (Å²) in [6.07, 6.45) is 8.27. The minimum atomic E-state index is -0.662. The minimum absolute atomic E-state index is 0.0129. The predicted octanol–water partition coefficient (Wildman–Crippen LogP) is 3.70. The van der Waals surface area contributed by atoms with Crippen LogP contribution in [-0.4, -0.2) is 30.2 Å². The fourth-order valence-corrected chi connectivity index (χ4v) is 4.03. The van der Waals surface area contributed by atoms with E-state index in [1.54, 1.807) is 0 Å². The number of amides is 1. The zero-order valence-electron chi connectivity index (χ0n) is 13.7. The number of piperidine rings is 1. The molecule has 4 nitrogen and oxygen atoms in total. The molecular weight excluding hydrogens is 322 g/mol. The number of nitrogens with zero attached hydrogens (tertiary/aromatic N) is 1. The molecule has 2 aliphatic heterocycles. The van der Waals surface area contributed by atoms with Gasteiger partial charge in [-0.2, -0.15) is 0 Å². The summed E-state index contributed by atoms with van der Waals surface area (Å²) in [6, 6.07) is 5.66. The number of hydrogen-bond donors (Lipinski definition) is 2. The monoisotopic (exact) mass is 343 g/mol. The first-order chi connectivity index (χ1) is 11.7. The van der Waals surface area contributed by atoms with Gasteiger partial charge in [-0.3, -0.25) is 9.79 Å². The van der Waals surface area contributed by atoms with Gasteiger partial charge in [0.25, 0.3) is 5.91 Å². The molecule has 5 heteroatoms. The second-order valence-electron chi connectivity index (χ2n) is 6.86. The Morgan fingerprint density at radius 1 is 1.17 bits per heavy atom. The zero-order valence-corrected chi connectivity index (χ0v) is 14.5. The van der Waals surface area contributed by atoms with Crippen molar-refractivity contribution in [3.05, 3.63) is 40.4 Å². The summed E-state index contributed by atoms with van der Waals surface area (Å²) in [6.45, 7) is 1.64. The number of allylic oxidation sites excluding steroid dienone is 2. The van der Waals surface area contributed by atoms with Gasteiger partial charge < -0.3 is 10.6 Å². The maximum atomic E-state index is 13.0. The van der Waals surface area contributed by atoms with Crippen LogP contribution in [-0.2, 0) is 4.79 Å². The maximum Gasteiger partial charge on any atom is 0.252 e. The van der Waals surface area contributed by atoms with Crippen LogP contribution in [0.2, 0.25) is 5.02 Å². The molecule has 0 unspecified atom stereocenters. The molecule has 1 aromatic rings. The minimum Gasteiger partial charge on any atom is -0.323 e. The van der Waals surface area contributed by atoms with Gasteiger partial charge in [-0.15, -0.1) is 0 Å². The Labute approximate surface area is 147 Å². The van der Waals surface area contributed by atoms with Crippen LogP contribution < -0.4 is 10.6 Å². The lowest BCUT2D eigenvalue weighted by atomic mass is 9.87. The van der Waals surface area contributed by atoms with Crippen LogP contribution in [0.3, 0.4) is 0 Å². The van der Waals surface area contributed by atoms with E-state index in [-0.39, 0.29) is 5.91 Å². The summed E-state index contributed by atoms with van der Waals surface area (Å²) < 4.78 is 0. The van der Waals surface area contributed by atoms with E-state index in [9.17, 15) is 4.79 Å². The van der Waals surface area contributed by atoms with Crippen molar-refractivity contribution >= 4 is 28.9 Å². The highest BCUT2D eigenvalue weighted by atomic mass is 35.5. The van der Waals surface area contributed by atoms with Gasteiger partial charge in [0.2, 0.25) is 0 Å². The SMILES string of the molecule is O=C1Nc2ccc(Cl)cc2C(C2=CCCCC2)=NC12CCNCC2. The summed E-state index contributed by atoms with van der Waals surface area (Å²) in [5.74, 6) is 0.0129. The number of nitrogens with one attached hydrogen (secondary N) is 2. The number of benzene rings is 1. The van der Waals surface area contributed by atoms with Crippen molar-refractivity contribution < 1.29 is 4.79 Å². The van der Waals surface area contributed by atoms with E-state index in [4.69, 9.17) is 16.6 Å². The van der Waals surface area contributed by atoms with E-state index >= 15 is 0 Å². The van der Waals surface area contributed by atoms with Crippen molar-refractivity contribution in [1.82, 2.24) is 5.32 Å². The highest BCUT2D eigenvalue weighted by molar-refractivity contribution is 6.32. The molecule has 1 fully saturated rings. The number of aliphatic imine (C=N–C) groups is 1. The number of rotatable bonds is 1. The molecule has 24 heavy (non-hydrogen) atoms. The standard InChI is InChI=1S/C19H22ClN3O/c20-14-6-7-16-15(12-14)17(13-4-2-1-3-5-13)23-19(18(24)22-16)8-10-21-11-9-19/h4,6-7,12,21H,1-3,5,8-11H2,(H,22,24). The maximum absolute atomic E-state index is 13.0. The van der Waals surface area contributed by atoms with E-state index in [1.165, 1.54) is 18.4 Å². The molecule has 0 saturated carbocycles. The lowest BCUT2D eigenvalue weighted by Gasteiger charge is -2.32. The van der Waals surface area contributed by atoms with Crippen LogP contribution in [0.15, 0.2) is 34.8 Å². The number of halogens is 1. The third kappa shape index (κ3) is 2.78. The summed E-state index contributed by atoms with van der Waals surface area (Å²) in [5.41, 5.74) is 3.35. The largest absolute Gasteiger partial charge is 0.323 e. The van der Waals surface area contributed by atoms with Gasteiger partial charge in [0.15, 0.2) is 0 Å². The first-order valence-corrected chi connectivity index (χ1v) is 9.17. The van der Waals surface area contributed by atoms with Gasteiger partial charge >= 0.3 is 0 Å². The second-order valence-corrected chi connectivity index (χ2v) is 7.30. The van der Waals surface area contributed by atoms with Gasteiger partial charge in [-0.1, -0.05) is 17.7 Å². The molecule has 0 bridgehead atoms. The van der Waals surface area contributed by atoms with Gasteiger partial charge in [-0.25, -0.2) is 0 Å². The number of carbonyl (C=O) groups is 1. The molecular formula is C19H22ClN3O. The normalized spacial score (nSPS) is 23.0. The molecule has 0 atom stereocenters. The Hall–Kier alpha value is -1.65. The third-order valence-electron chi connectivity index (χ3n) is 5.26. The van der Waals surface area contributed by atoms with Crippen LogP contribution in [0.1, 0.15) is 44.1 Å². The zero-order chi connectivity index (χ0) is 16.6. The summed E-state index contributed by atoms with van der Waals surface area (Å²) in [4.78, 5) is 18.1. The summed E-state index contributed by atoms with van der Waals surface area (Å²) in [7, 11) is 0. The Bertz CT molecular complexity index is 732. The quantitative estimate of drug-likeness (QED) is 0.816. The van der Waals surface area contributed by atoms with Crippen LogP contribution in [0.25, 0.3) is 0 Å². The smallest absolute Gasteiger partial charge is 0.252 e. The van der Waals surface area contributed by atoms with Crippen molar-refractivity contribution in [2.24, 2.45) is 4.99 Å². The van der Waals surface area contributed by atoms with E-state index in [0.717, 1.165) is 55.7 Å². The predicted molar refractivity (Wildman–Crippen MR) is 98.0 cm³/mol. The van der Waals surface area contributed by atoms with Crippen molar-refractivity contribution in [2.75, 3.05) is 18.4 Å². The van der Waals surface area contributed by atoms with Crippen LogP contribution in [0.5, 0.6) is 0 Å². The van der Waals surface area contributed by atoms with Crippen LogP contribution in [0, 0.1) is 0 Å². The number of hydrogen-bond acceptors (Lipinski definition) is 3. The van der Waals surface area contributed by atoms with Crippen LogP contribution in [0.4, 0.5) is 5.69 Å². The molecule has 0 aromatic heterocycles. The summed E-state index contributed by atoms with van der Waals surface area (Å²) >= 11 is 6.25. The Kier molecular flexibility index (Phi) is 4.19. The number of fused-ring (bicyclic) bond motifs is 1. The van der Waals surface area contributed by atoms with E-state index in [2.05, 4.69) is 16.7 Å². The van der Waals surface area contributed by atoms with Gasteiger partial charge in [0.1, 0.15) is 5.54 Å². The fourth-order valence-electron chi connectivity index (χ4n) is 3.86. The molecule has 4 rings (SSSR count). The molecule has 1 saturated heterocycles. The van der Waals surface area contributed by atoms with Crippen LogP contribution >= 0.6 is 11.6 Å². The Morgan fingerprint density at radius 3 is 2.75 bits per heavy atom. The molecule has 1 amide bonds. The van der Waals surface area contributed by atoms with Crippen molar-refractivity contribution in [3.63, 3.8) is 0 Å². The lowest BCUT2D eigenvalue weighted by Crippen LogP contribution is -2.49. The molecule has 0 radical (unpaired) electrons. The van der Waals surface area contributed by atoms with Crippen molar-refractivity contribution in [3.8, 4) is 0 Å². The van der Waals surface area contributed by atoms with E-state index in [0.29, 0.717) is 5.02 Å². The molecule has 1 aliphatic carbocycles. The number of carbonyl (C=O) groups excluding carboxylic acids is 1. The highest BCUT2D eigenvalue weighted by Gasteiger charge is 2.42. The average Bonchev–Trinajstić information content (AvgIpc) is 2.73. The first kappa shape index (κ1) is 15.9. The number of anilines is 1. The van der Waals surface area contributed by atoms with Crippen molar-refractivity contribution in [2.45, 2.75) is 44.1 Å². The van der Waals surface area contributed by atoms with Gasteiger partial charge in [-0.05, 0) is 75.4 Å². The first-order valence-electron chi connectivity index (χ1n) is 8.79. The second kappa shape index (κ2) is 6.34. The topological polar surface area (TPSA) is 53.5 Å². The Morgan fingerprint density at radius 2 is 2.00 bits per heavy atom. The molecule has 3 aliphatic rings. The molecule has 2 heterocycles. The van der Waals surface area contributed by atoms with E-state index < -0.39 is 5.54 Å². The highest BCUT2D eigenvalue weighted by Crippen LogP contribution is 2.35. The fraction of sp³-hybridized carbons (Fsp3) is 0.474. The molecule has 1 spiro atoms. The molecule has 2 N–H and O–H groups in total. The van der Waals surface area contributed by atoms with Gasteiger partial charge in [0.05, 0.1) is 11.4 Å². The average molecular weight is 344 g/mol. The lowest BCUT2D eigenvalue weighted by molar-refractivity contribution is -0.121. The summed E-state index contributed by atoms with van der Waals surface area (Å²) in [5, 5.41) is 7.12. The molecule has 126 valence electrons. The Balaban J connectivity index is 1.89.